The van der Waals surface area contributed by atoms with Gasteiger partial charge < -0.3 is 15.4 Å². The Kier molecular flexibility index (Phi) is 6.06. The van der Waals surface area contributed by atoms with Gasteiger partial charge in [0, 0.05) is 6.54 Å². The van der Waals surface area contributed by atoms with Crippen molar-refractivity contribution in [2.24, 2.45) is 17.6 Å². The Morgan fingerprint density at radius 2 is 1.95 bits per heavy atom. The molecule has 0 radical (unpaired) electrons. The molecule has 122 valence electrons. The molecule has 0 heterocycles. The minimum absolute atomic E-state index is 0.222. The molecule has 2 fully saturated rings. The smallest absolute Gasteiger partial charge is 0.326 e. The van der Waals surface area contributed by atoms with E-state index in [2.05, 4.69) is 11.9 Å². The van der Waals surface area contributed by atoms with Crippen LogP contribution in [0.2, 0.25) is 0 Å². The van der Waals surface area contributed by atoms with Crippen molar-refractivity contribution in [2.75, 3.05) is 27.2 Å². The van der Waals surface area contributed by atoms with Gasteiger partial charge in [0.25, 0.3) is 0 Å². The Morgan fingerprint density at radius 1 is 1.24 bits per heavy atom. The zero-order valence-electron chi connectivity index (χ0n) is 13.8. The summed E-state index contributed by atoms with van der Waals surface area (Å²) in [6.07, 6.45) is 10.9. The van der Waals surface area contributed by atoms with Gasteiger partial charge in [0.2, 0.25) is 0 Å². The first kappa shape index (κ1) is 16.8. The first-order valence-corrected chi connectivity index (χ1v) is 8.62. The standard InChI is InChI=1S/C17H32N2O2/c1-19(13-14-7-4-3-5-8-14)12-10-15-9-6-11-17(15,18)16(20)21-2/h14-15H,3-13,18H2,1-2H3. The molecule has 0 aromatic rings. The maximum Gasteiger partial charge on any atom is 0.326 e. The molecule has 0 aromatic carbocycles. The summed E-state index contributed by atoms with van der Waals surface area (Å²) in [6, 6.07) is 0. The number of rotatable bonds is 6. The number of nitrogens with two attached hydrogens (primary N) is 1. The van der Waals surface area contributed by atoms with E-state index < -0.39 is 5.54 Å². The summed E-state index contributed by atoms with van der Waals surface area (Å²) in [7, 11) is 3.65. The number of hydrogen-bond acceptors (Lipinski definition) is 4. The van der Waals surface area contributed by atoms with Crippen LogP contribution in [-0.4, -0.2) is 43.7 Å². The van der Waals surface area contributed by atoms with Crippen LogP contribution in [0, 0.1) is 11.8 Å². The third-order valence-electron chi connectivity index (χ3n) is 5.59. The second-order valence-corrected chi connectivity index (χ2v) is 7.18. The molecule has 0 bridgehead atoms. The Bertz CT molecular complexity index is 342. The number of nitrogens with zero attached hydrogens (tertiary/aromatic N) is 1. The number of esters is 1. The van der Waals surface area contributed by atoms with E-state index in [9.17, 15) is 4.79 Å². The molecule has 0 amide bonds. The van der Waals surface area contributed by atoms with Gasteiger partial charge >= 0.3 is 5.97 Å². The SMILES string of the molecule is COC(=O)C1(N)CCCC1CCN(C)CC1CCCCC1. The average Bonchev–Trinajstić information content (AvgIpc) is 2.87. The van der Waals surface area contributed by atoms with Crippen molar-refractivity contribution in [3.8, 4) is 0 Å². The summed E-state index contributed by atoms with van der Waals surface area (Å²) < 4.78 is 4.92. The second kappa shape index (κ2) is 7.59. The van der Waals surface area contributed by atoms with Crippen LogP contribution in [0.15, 0.2) is 0 Å². The van der Waals surface area contributed by atoms with E-state index in [0.29, 0.717) is 0 Å². The van der Waals surface area contributed by atoms with Crippen molar-refractivity contribution in [1.29, 1.82) is 0 Å². The third-order valence-corrected chi connectivity index (χ3v) is 5.59. The summed E-state index contributed by atoms with van der Waals surface area (Å²) in [5.41, 5.74) is 5.60. The molecule has 2 unspecified atom stereocenters. The van der Waals surface area contributed by atoms with Crippen molar-refractivity contribution in [3.05, 3.63) is 0 Å². The highest BCUT2D eigenvalue weighted by molar-refractivity contribution is 5.81. The number of hydrogen-bond donors (Lipinski definition) is 1. The van der Waals surface area contributed by atoms with Gasteiger partial charge in [0.05, 0.1) is 7.11 Å². The normalized spacial score (nSPS) is 30.8. The molecule has 2 aliphatic rings. The lowest BCUT2D eigenvalue weighted by Crippen LogP contribution is -2.52. The maximum atomic E-state index is 11.9. The van der Waals surface area contributed by atoms with Crippen LogP contribution in [0.5, 0.6) is 0 Å². The zero-order valence-corrected chi connectivity index (χ0v) is 13.8. The predicted octanol–water partition coefficient (Wildman–Crippen LogP) is 2.56. The van der Waals surface area contributed by atoms with Crippen LogP contribution in [-0.2, 0) is 9.53 Å². The topological polar surface area (TPSA) is 55.6 Å². The van der Waals surface area contributed by atoms with Crippen molar-refractivity contribution < 1.29 is 9.53 Å². The van der Waals surface area contributed by atoms with Crippen molar-refractivity contribution in [1.82, 2.24) is 4.90 Å². The number of methoxy groups -OCH3 is 1. The molecular weight excluding hydrogens is 264 g/mol. The van der Waals surface area contributed by atoms with E-state index >= 15 is 0 Å². The number of carbonyl (C=O) groups excluding carboxylic acids is 1. The molecule has 2 saturated carbocycles. The van der Waals surface area contributed by atoms with Crippen LogP contribution in [0.25, 0.3) is 0 Å². The molecule has 4 nitrogen and oxygen atoms in total. The molecule has 21 heavy (non-hydrogen) atoms. The van der Waals surface area contributed by atoms with Crippen LogP contribution in [0.1, 0.15) is 57.8 Å². The minimum atomic E-state index is -0.736. The molecule has 2 atom stereocenters. The van der Waals surface area contributed by atoms with Crippen molar-refractivity contribution in [3.63, 3.8) is 0 Å². The summed E-state index contributed by atoms with van der Waals surface area (Å²) in [5.74, 6) is 0.925. The fourth-order valence-electron chi connectivity index (χ4n) is 4.24. The average molecular weight is 296 g/mol. The predicted molar refractivity (Wildman–Crippen MR) is 85.0 cm³/mol. The highest BCUT2D eigenvalue weighted by Gasteiger charge is 2.46. The van der Waals surface area contributed by atoms with Crippen molar-refractivity contribution >= 4 is 5.97 Å². The first-order chi connectivity index (χ1) is 10.1. The Hall–Kier alpha value is -0.610. The van der Waals surface area contributed by atoms with E-state index in [1.54, 1.807) is 0 Å². The Morgan fingerprint density at radius 3 is 2.62 bits per heavy atom. The highest BCUT2D eigenvalue weighted by Crippen LogP contribution is 2.37. The van der Waals surface area contributed by atoms with Crippen LogP contribution >= 0.6 is 0 Å². The summed E-state index contributed by atoms with van der Waals surface area (Å²) in [5, 5.41) is 0. The second-order valence-electron chi connectivity index (χ2n) is 7.18. The van der Waals surface area contributed by atoms with E-state index in [1.807, 2.05) is 0 Å². The minimum Gasteiger partial charge on any atom is -0.468 e. The third kappa shape index (κ3) is 4.19. The maximum absolute atomic E-state index is 11.9. The number of carbonyl (C=O) groups is 1. The number of ether oxygens (including phenoxy) is 1. The van der Waals surface area contributed by atoms with Crippen molar-refractivity contribution in [2.45, 2.75) is 63.3 Å². The zero-order chi connectivity index (χ0) is 15.3. The van der Waals surface area contributed by atoms with Crippen LogP contribution in [0.4, 0.5) is 0 Å². The van der Waals surface area contributed by atoms with Gasteiger partial charge in [-0.25, -0.2) is 0 Å². The van der Waals surface area contributed by atoms with Gasteiger partial charge in [0.15, 0.2) is 0 Å². The van der Waals surface area contributed by atoms with Gasteiger partial charge in [-0.2, -0.15) is 0 Å². The van der Waals surface area contributed by atoms with Crippen LogP contribution in [0.3, 0.4) is 0 Å². The van der Waals surface area contributed by atoms with Gasteiger partial charge in [-0.1, -0.05) is 25.7 Å². The Labute approximate surface area is 129 Å². The molecular formula is C17H32N2O2. The fraction of sp³-hybridized carbons (Fsp3) is 0.941. The molecule has 4 heteroatoms. The fourth-order valence-corrected chi connectivity index (χ4v) is 4.24. The first-order valence-electron chi connectivity index (χ1n) is 8.62. The molecule has 2 rings (SSSR count). The quantitative estimate of drug-likeness (QED) is 0.765. The monoisotopic (exact) mass is 296 g/mol. The van der Waals surface area contributed by atoms with E-state index in [-0.39, 0.29) is 11.9 Å². The lowest BCUT2D eigenvalue weighted by atomic mass is 9.85. The van der Waals surface area contributed by atoms with Gasteiger partial charge in [-0.15, -0.1) is 0 Å². The van der Waals surface area contributed by atoms with Gasteiger partial charge in [-0.3, -0.25) is 4.79 Å². The van der Waals surface area contributed by atoms with E-state index in [1.165, 1.54) is 45.8 Å². The lowest BCUT2D eigenvalue weighted by molar-refractivity contribution is -0.148. The van der Waals surface area contributed by atoms with Gasteiger partial charge in [-0.05, 0) is 57.5 Å². The van der Waals surface area contributed by atoms with E-state index in [4.69, 9.17) is 10.5 Å². The summed E-state index contributed by atoms with van der Waals surface area (Å²) in [6.45, 7) is 2.24. The summed E-state index contributed by atoms with van der Waals surface area (Å²) in [4.78, 5) is 14.4. The Balaban J connectivity index is 1.77. The van der Waals surface area contributed by atoms with Gasteiger partial charge in [0.1, 0.15) is 5.54 Å². The largest absolute Gasteiger partial charge is 0.468 e. The molecule has 2 aliphatic carbocycles. The lowest BCUT2D eigenvalue weighted by Gasteiger charge is -2.31. The molecule has 0 aromatic heterocycles. The van der Waals surface area contributed by atoms with Crippen LogP contribution < -0.4 is 5.73 Å². The molecule has 0 saturated heterocycles. The molecule has 0 spiro atoms. The summed E-state index contributed by atoms with van der Waals surface area (Å²) >= 11 is 0. The highest BCUT2D eigenvalue weighted by atomic mass is 16.5. The molecule has 0 aliphatic heterocycles. The van der Waals surface area contributed by atoms with E-state index in [0.717, 1.165) is 38.1 Å². The molecule has 2 N–H and O–H groups in total.